The van der Waals surface area contributed by atoms with Crippen molar-refractivity contribution < 1.29 is 13.2 Å². The van der Waals surface area contributed by atoms with E-state index in [1.807, 2.05) is 42.2 Å². The molecule has 0 bridgehead atoms. The van der Waals surface area contributed by atoms with Crippen LogP contribution in [0.3, 0.4) is 0 Å². The predicted molar refractivity (Wildman–Crippen MR) is 106 cm³/mol. The maximum absolute atomic E-state index is 12.6. The molecule has 0 aromatic heterocycles. The van der Waals surface area contributed by atoms with Crippen LogP contribution in [0.25, 0.3) is 0 Å². The first-order chi connectivity index (χ1) is 12.4. The van der Waals surface area contributed by atoms with Gasteiger partial charge in [-0.05, 0) is 30.7 Å². The van der Waals surface area contributed by atoms with Crippen LogP contribution in [-0.2, 0) is 9.84 Å². The van der Waals surface area contributed by atoms with Crippen LogP contribution in [0.15, 0.2) is 59.6 Å². The van der Waals surface area contributed by atoms with Crippen molar-refractivity contribution >= 4 is 38.4 Å². The first-order valence-electron chi connectivity index (χ1n) is 8.35. The van der Waals surface area contributed by atoms with Crippen LogP contribution in [0.2, 0.25) is 0 Å². The van der Waals surface area contributed by atoms with Crippen LogP contribution in [0, 0.1) is 6.92 Å². The maximum Gasteiger partial charge on any atom is 0.279 e. The lowest BCUT2D eigenvalue weighted by Crippen LogP contribution is -2.38. The van der Waals surface area contributed by atoms with Crippen molar-refractivity contribution in [3.63, 3.8) is 0 Å². The van der Waals surface area contributed by atoms with Crippen LogP contribution < -0.4 is 4.90 Å². The van der Waals surface area contributed by atoms with Gasteiger partial charge in [-0.1, -0.05) is 48.2 Å². The molecule has 0 unspecified atom stereocenters. The zero-order chi connectivity index (χ0) is 18.3. The molecule has 2 atom stereocenters. The molecule has 1 amide bonds. The molecule has 0 saturated carbocycles. The van der Waals surface area contributed by atoms with Gasteiger partial charge in [0.25, 0.3) is 5.91 Å². The number of fused-ring (bicyclic) bond motifs is 1. The zero-order valence-electron chi connectivity index (χ0n) is 14.2. The van der Waals surface area contributed by atoms with Crippen molar-refractivity contribution in [2.75, 3.05) is 16.4 Å². The average Bonchev–Trinajstić information content (AvgIpc) is 3.07. The van der Waals surface area contributed by atoms with Crippen LogP contribution >= 0.6 is 11.8 Å². The van der Waals surface area contributed by atoms with Crippen molar-refractivity contribution in [2.45, 2.75) is 18.2 Å². The van der Waals surface area contributed by atoms with Gasteiger partial charge in [0, 0.05) is 16.5 Å². The summed E-state index contributed by atoms with van der Waals surface area (Å²) >= 11 is 1.39. The van der Waals surface area contributed by atoms with Gasteiger partial charge in [-0.3, -0.25) is 4.79 Å². The molecule has 2 heterocycles. The fourth-order valence-corrected chi connectivity index (χ4v) is 7.32. The van der Waals surface area contributed by atoms with Crippen molar-refractivity contribution in [1.29, 1.82) is 0 Å². The van der Waals surface area contributed by atoms with Crippen molar-refractivity contribution in [3.8, 4) is 0 Å². The Labute approximate surface area is 157 Å². The smallest absolute Gasteiger partial charge is 0.279 e. The summed E-state index contributed by atoms with van der Waals surface area (Å²) in [4.78, 5) is 18.9. The minimum atomic E-state index is -3.07. The molecule has 5 nitrogen and oxygen atoms in total. The topological polar surface area (TPSA) is 66.8 Å². The Kier molecular flexibility index (Phi) is 4.36. The molecule has 2 aliphatic rings. The van der Waals surface area contributed by atoms with Crippen molar-refractivity contribution in [2.24, 2.45) is 4.99 Å². The van der Waals surface area contributed by atoms with E-state index in [9.17, 15) is 13.2 Å². The Morgan fingerprint density at radius 2 is 1.77 bits per heavy atom. The highest BCUT2D eigenvalue weighted by Gasteiger charge is 2.49. The van der Waals surface area contributed by atoms with Gasteiger partial charge < -0.3 is 4.90 Å². The second-order valence-corrected chi connectivity index (χ2v) is 9.88. The van der Waals surface area contributed by atoms with Crippen LogP contribution in [0.4, 0.5) is 5.69 Å². The predicted octanol–water partition coefficient (Wildman–Crippen LogP) is 2.91. The van der Waals surface area contributed by atoms with E-state index in [1.165, 1.54) is 11.8 Å². The summed E-state index contributed by atoms with van der Waals surface area (Å²) in [5.74, 6) is -0.0876. The second kappa shape index (κ2) is 6.55. The third kappa shape index (κ3) is 3.17. The van der Waals surface area contributed by atoms with E-state index in [0.29, 0.717) is 10.7 Å². The number of hydrogen-bond acceptors (Lipinski definition) is 4. The Balaban J connectivity index is 1.75. The second-order valence-electron chi connectivity index (χ2n) is 6.52. The zero-order valence-corrected chi connectivity index (χ0v) is 15.8. The van der Waals surface area contributed by atoms with Crippen LogP contribution in [0.1, 0.15) is 15.9 Å². The Morgan fingerprint density at radius 3 is 2.50 bits per heavy atom. The Hall–Kier alpha value is -2.12. The fraction of sp³-hybridized carbons (Fsp3) is 0.263. The van der Waals surface area contributed by atoms with Crippen molar-refractivity contribution in [3.05, 3.63) is 65.7 Å². The first-order valence-corrected chi connectivity index (χ1v) is 11.0. The number of anilines is 1. The highest BCUT2D eigenvalue weighted by Crippen LogP contribution is 2.41. The minimum absolute atomic E-state index is 0.0948. The molecule has 2 aromatic rings. The quantitative estimate of drug-likeness (QED) is 0.794. The van der Waals surface area contributed by atoms with Gasteiger partial charge in [0.05, 0.1) is 17.5 Å². The summed E-state index contributed by atoms with van der Waals surface area (Å²) in [5, 5.41) is 0.486. The Bertz CT molecular complexity index is 987. The van der Waals surface area contributed by atoms with Gasteiger partial charge in [-0.15, -0.1) is 0 Å². The summed E-state index contributed by atoms with van der Waals surface area (Å²) in [5.41, 5.74) is 2.46. The summed E-state index contributed by atoms with van der Waals surface area (Å²) < 4.78 is 24.2. The van der Waals surface area contributed by atoms with E-state index < -0.39 is 9.84 Å². The van der Waals surface area contributed by atoms with E-state index in [1.54, 1.807) is 24.3 Å². The van der Waals surface area contributed by atoms with Gasteiger partial charge in [-0.2, -0.15) is 4.99 Å². The molecule has 2 aliphatic heterocycles. The van der Waals surface area contributed by atoms with Gasteiger partial charge in [-0.25, -0.2) is 8.42 Å². The molecule has 0 spiro atoms. The number of aryl methyl sites for hydroxylation is 1. The normalized spacial score (nSPS) is 25.4. The maximum atomic E-state index is 12.6. The third-order valence-electron chi connectivity index (χ3n) is 4.66. The number of carbonyl (C=O) groups excluding carboxylic acids is 1. The minimum Gasteiger partial charge on any atom is -0.315 e. The Morgan fingerprint density at radius 1 is 1.08 bits per heavy atom. The van der Waals surface area contributed by atoms with Gasteiger partial charge in [0.1, 0.15) is 0 Å². The average molecular weight is 386 g/mol. The van der Waals surface area contributed by atoms with E-state index >= 15 is 0 Å². The molecule has 4 rings (SSSR count). The van der Waals surface area contributed by atoms with E-state index in [-0.39, 0.29) is 28.7 Å². The molecule has 2 fully saturated rings. The molecule has 7 heteroatoms. The van der Waals surface area contributed by atoms with Crippen molar-refractivity contribution in [1.82, 2.24) is 0 Å². The van der Waals surface area contributed by atoms with E-state index in [4.69, 9.17) is 0 Å². The largest absolute Gasteiger partial charge is 0.315 e. The van der Waals surface area contributed by atoms with E-state index in [2.05, 4.69) is 4.99 Å². The fourth-order valence-electron chi connectivity index (χ4n) is 3.41. The number of hydrogen-bond donors (Lipinski definition) is 0. The molecule has 0 N–H and O–H groups in total. The first kappa shape index (κ1) is 17.3. The number of sulfone groups is 1. The number of amidine groups is 1. The van der Waals surface area contributed by atoms with Crippen LogP contribution in [0.5, 0.6) is 0 Å². The highest BCUT2D eigenvalue weighted by molar-refractivity contribution is 8.16. The summed E-state index contributed by atoms with van der Waals surface area (Å²) in [6, 6.07) is 16.5. The van der Waals surface area contributed by atoms with E-state index in [0.717, 1.165) is 11.3 Å². The summed E-state index contributed by atoms with van der Waals surface area (Å²) in [6.07, 6.45) is 0. The number of benzene rings is 2. The third-order valence-corrected chi connectivity index (χ3v) is 7.87. The molecular weight excluding hydrogens is 368 g/mol. The molecule has 2 aromatic carbocycles. The number of thioether (sulfide) groups is 1. The van der Waals surface area contributed by atoms with Crippen LogP contribution in [-0.4, -0.2) is 42.3 Å². The molecular formula is C19H18N2O3S2. The summed E-state index contributed by atoms with van der Waals surface area (Å²) in [6.45, 7) is 1.98. The summed E-state index contributed by atoms with van der Waals surface area (Å²) in [7, 11) is -3.07. The SMILES string of the molecule is Cc1ccccc1N1C(=NC(=O)c2ccccc2)S[C@@H]2CS(=O)(=O)C[C@@H]21. The number of nitrogens with zero attached hydrogens (tertiary/aromatic N) is 2. The number of para-hydroxylation sites is 1. The molecule has 0 aliphatic carbocycles. The number of amides is 1. The number of rotatable bonds is 2. The van der Waals surface area contributed by atoms with Gasteiger partial charge >= 0.3 is 0 Å². The monoisotopic (exact) mass is 386 g/mol. The van der Waals surface area contributed by atoms with Gasteiger partial charge in [0.15, 0.2) is 15.0 Å². The van der Waals surface area contributed by atoms with Gasteiger partial charge in [0.2, 0.25) is 0 Å². The lowest BCUT2D eigenvalue weighted by molar-refractivity contribution is 0.100. The molecule has 2 saturated heterocycles. The molecule has 0 radical (unpaired) electrons. The molecule has 26 heavy (non-hydrogen) atoms. The highest BCUT2D eigenvalue weighted by atomic mass is 32.2. The molecule has 134 valence electrons. The number of aliphatic imine (C=N–C) groups is 1. The lowest BCUT2D eigenvalue weighted by atomic mass is 10.1. The standard InChI is InChI=1S/C19H18N2O3S2/c1-13-7-5-6-10-15(13)21-16-11-26(23,24)12-17(16)25-19(21)20-18(22)14-8-3-2-4-9-14/h2-10,16-17H,11-12H2,1H3/t16-,17+/m0/s1. The lowest BCUT2D eigenvalue weighted by Gasteiger charge is -2.26. The number of carbonyl (C=O) groups is 1.